The van der Waals surface area contributed by atoms with Crippen LogP contribution in [0.5, 0.6) is 5.75 Å². The zero-order valence-electron chi connectivity index (χ0n) is 13.1. The van der Waals surface area contributed by atoms with Crippen molar-refractivity contribution in [3.8, 4) is 5.75 Å². The highest BCUT2D eigenvalue weighted by molar-refractivity contribution is 7.89. The van der Waals surface area contributed by atoms with Crippen molar-refractivity contribution in [2.45, 2.75) is 38.1 Å². The van der Waals surface area contributed by atoms with Crippen LogP contribution in [0, 0.1) is 19.8 Å². The van der Waals surface area contributed by atoms with Crippen LogP contribution in [0.25, 0.3) is 0 Å². The molecule has 1 heterocycles. The minimum absolute atomic E-state index is 0.00587. The first-order valence-electron chi connectivity index (χ1n) is 7.18. The number of sulfonamides is 1. The van der Waals surface area contributed by atoms with Crippen molar-refractivity contribution in [1.82, 2.24) is 4.31 Å². The molecule has 1 fully saturated rings. The second kappa shape index (κ2) is 5.94. The molecule has 0 bridgehead atoms. The molecule has 1 aliphatic rings. The highest BCUT2D eigenvalue weighted by Gasteiger charge is 2.35. The Balaban J connectivity index is 2.41. The maximum Gasteiger partial charge on any atom is 0.246 e. The number of rotatable bonds is 4. The first-order valence-corrected chi connectivity index (χ1v) is 8.62. The lowest BCUT2D eigenvalue weighted by Gasteiger charge is -2.20. The summed E-state index contributed by atoms with van der Waals surface area (Å²) in [6.07, 6.45) is 0.810. The topological polar surface area (TPSA) is 72.6 Å². The maximum absolute atomic E-state index is 12.9. The van der Waals surface area contributed by atoms with Crippen LogP contribution >= 0.6 is 0 Å². The fraction of sp³-hybridized carbons (Fsp3) is 0.600. The number of aryl methyl sites for hydroxylation is 2. The zero-order valence-corrected chi connectivity index (χ0v) is 13.9. The van der Waals surface area contributed by atoms with Gasteiger partial charge in [0.15, 0.2) is 0 Å². The van der Waals surface area contributed by atoms with E-state index in [4.69, 9.17) is 10.5 Å². The number of nitrogens with zero attached hydrogens (tertiary/aromatic N) is 1. The fourth-order valence-corrected chi connectivity index (χ4v) is 4.73. The number of methoxy groups -OCH3 is 1. The highest BCUT2D eigenvalue weighted by atomic mass is 32.2. The first kappa shape index (κ1) is 16.3. The van der Waals surface area contributed by atoms with Gasteiger partial charge in [0, 0.05) is 19.1 Å². The zero-order chi connectivity index (χ0) is 15.8. The summed E-state index contributed by atoms with van der Waals surface area (Å²) >= 11 is 0. The monoisotopic (exact) mass is 312 g/mol. The van der Waals surface area contributed by atoms with E-state index in [9.17, 15) is 8.42 Å². The second-order valence-corrected chi connectivity index (χ2v) is 7.79. The van der Waals surface area contributed by atoms with Crippen LogP contribution in [-0.2, 0) is 10.0 Å². The molecule has 118 valence electrons. The van der Waals surface area contributed by atoms with Crippen molar-refractivity contribution in [2.75, 3.05) is 20.2 Å². The van der Waals surface area contributed by atoms with Gasteiger partial charge in [-0.2, -0.15) is 4.31 Å². The minimum atomic E-state index is -3.54. The van der Waals surface area contributed by atoms with Gasteiger partial charge in [-0.1, -0.05) is 6.07 Å². The summed E-state index contributed by atoms with van der Waals surface area (Å²) in [5, 5.41) is 0. The van der Waals surface area contributed by atoms with E-state index in [0.29, 0.717) is 18.8 Å². The molecule has 1 saturated heterocycles. The van der Waals surface area contributed by atoms with Crippen molar-refractivity contribution in [2.24, 2.45) is 11.7 Å². The third-order valence-electron chi connectivity index (χ3n) is 4.14. The molecule has 21 heavy (non-hydrogen) atoms. The Kier molecular flexibility index (Phi) is 4.60. The number of benzene rings is 1. The van der Waals surface area contributed by atoms with E-state index < -0.39 is 10.0 Å². The predicted molar refractivity (Wildman–Crippen MR) is 83.0 cm³/mol. The molecule has 0 aromatic heterocycles. The van der Waals surface area contributed by atoms with Gasteiger partial charge in [-0.05, 0) is 50.3 Å². The molecule has 2 N–H and O–H groups in total. The van der Waals surface area contributed by atoms with Crippen molar-refractivity contribution < 1.29 is 13.2 Å². The van der Waals surface area contributed by atoms with Crippen LogP contribution in [0.1, 0.15) is 24.5 Å². The third-order valence-corrected chi connectivity index (χ3v) is 6.01. The van der Waals surface area contributed by atoms with Gasteiger partial charge in [0.25, 0.3) is 0 Å². The summed E-state index contributed by atoms with van der Waals surface area (Å²) in [6, 6.07) is 3.61. The summed E-state index contributed by atoms with van der Waals surface area (Å²) in [5.74, 6) is 0.654. The smallest absolute Gasteiger partial charge is 0.246 e. The number of ether oxygens (including phenoxy) is 1. The Bertz CT molecular complexity index is 626. The van der Waals surface area contributed by atoms with Crippen LogP contribution in [-0.4, -0.2) is 39.0 Å². The van der Waals surface area contributed by atoms with E-state index in [-0.39, 0.29) is 16.9 Å². The molecule has 0 spiro atoms. The summed E-state index contributed by atoms with van der Waals surface area (Å²) in [7, 11) is -2.03. The van der Waals surface area contributed by atoms with Crippen molar-refractivity contribution in [3.05, 3.63) is 23.3 Å². The molecular weight excluding hydrogens is 288 g/mol. The van der Waals surface area contributed by atoms with Crippen molar-refractivity contribution >= 4 is 10.0 Å². The normalized spacial score (nSPS) is 21.5. The number of hydrogen-bond acceptors (Lipinski definition) is 4. The van der Waals surface area contributed by atoms with Crippen LogP contribution < -0.4 is 10.5 Å². The quantitative estimate of drug-likeness (QED) is 0.918. The van der Waals surface area contributed by atoms with E-state index in [0.717, 1.165) is 17.5 Å². The van der Waals surface area contributed by atoms with Crippen LogP contribution in [0.3, 0.4) is 0 Å². The Labute approximate surface area is 127 Å². The molecule has 5 nitrogen and oxygen atoms in total. The molecule has 2 atom stereocenters. The van der Waals surface area contributed by atoms with Gasteiger partial charge in [0.1, 0.15) is 10.6 Å². The van der Waals surface area contributed by atoms with Crippen LogP contribution in [0.4, 0.5) is 0 Å². The van der Waals surface area contributed by atoms with Gasteiger partial charge in [0.05, 0.1) is 7.11 Å². The van der Waals surface area contributed by atoms with E-state index in [2.05, 4.69) is 0 Å². The Morgan fingerprint density at radius 2 is 2.05 bits per heavy atom. The van der Waals surface area contributed by atoms with E-state index in [1.807, 2.05) is 26.8 Å². The Morgan fingerprint density at radius 1 is 1.38 bits per heavy atom. The van der Waals surface area contributed by atoms with Crippen molar-refractivity contribution in [3.63, 3.8) is 0 Å². The molecule has 0 saturated carbocycles. The molecule has 0 radical (unpaired) electrons. The molecular formula is C15H24N2O3S. The third kappa shape index (κ3) is 3.07. The predicted octanol–water partition coefficient (Wildman–Crippen LogP) is 1.67. The summed E-state index contributed by atoms with van der Waals surface area (Å²) in [5.41, 5.74) is 7.64. The fourth-order valence-electron chi connectivity index (χ4n) is 2.91. The van der Waals surface area contributed by atoms with Gasteiger partial charge < -0.3 is 10.5 Å². The minimum Gasteiger partial charge on any atom is -0.495 e. The van der Waals surface area contributed by atoms with Gasteiger partial charge >= 0.3 is 0 Å². The van der Waals surface area contributed by atoms with Gasteiger partial charge in [-0.25, -0.2) is 8.42 Å². The van der Waals surface area contributed by atoms with E-state index >= 15 is 0 Å². The lowest BCUT2D eigenvalue weighted by atomic mass is 10.0. The molecule has 2 unspecified atom stereocenters. The number of nitrogens with two attached hydrogens (primary N) is 1. The molecule has 1 aromatic rings. The standard InChI is InChI=1S/C15H24N2O3S/c1-10-7-11(2)15(20-4)14(8-10)21(18,19)17-6-5-13(9-17)12(3)16/h7-8,12-13H,5-6,9,16H2,1-4H3. The van der Waals surface area contributed by atoms with Crippen LogP contribution in [0.15, 0.2) is 17.0 Å². The summed E-state index contributed by atoms with van der Waals surface area (Å²) < 4.78 is 32.6. The van der Waals surface area contributed by atoms with E-state index in [1.165, 1.54) is 11.4 Å². The lowest BCUT2D eigenvalue weighted by molar-refractivity contribution is 0.392. The first-order chi connectivity index (χ1) is 9.77. The molecule has 6 heteroatoms. The average Bonchev–Trinajstić information content (AvgIpc) is 2.88. The molecule has 1 aliphatic heterocycles. The number of hydrogen-bond donors (Lipinski definition) is 1. The lowest BCUT2D eigenvalue weighted by Crippen LogP contribution is -2.33. The van der Waals surface area contributed by atoms with Crippen molar-refractivity contribution in [1.29, 1.82) is 0 Å². The Hall–Kier alpha value is -1.11. The molecule has 0 amide bonds. The molecule has 1 aromatic carbocycles. The average molecular weight is 312 g/mol. The molecule has 2 rings (SSSR count). The Morgan fingerprint density at radius 3 is 2.57 bits per heavy atom. The summed E-state index contributed by atoms with van der Waals surface area (Å²) in [6.45, 7) is 6.68. The maximum atomic E-state index is 12.9. The van der Waals surface area contributed by atoms with Gasteiger partial charge in [0.2, 0.25) is 10.0 Å². The molecule has 0 aliphatic carbocycles. The van der Waals surface area contributed by atoms with Crippen LogP contribution in [0.2, 0.25) is 0 Å². The summed E-state index contributed by atoms with van der Waals surface area (Å²) in [4.78, 5) is 0.257. The largest absolute Gasteiger partial charge is 0.495 e. The van der Waals surface area contributed by atoms with Gasteiger partial charge in [-0.3, -0.25) is 0 Å². The van der Waals surface area contributed by atoms with E-state index in [1.54, 1.807) is 6.07 Å². The second-order valence-electron chi connectivity index (χ2n) is 5.88. The highest BCUT2D eigenvalue weighted by Crippen LogP contribution is 2.33. The SMILES string of the molecule is COc1c(C)cc(C)cc1S(=O)(=O)N1CCC(C(C)N)C1. The van der Waals surface area contributed by atoms with Gasteiger partial charge in [-0.15, -0.1) is 0 Å².